The van der Waals surface area contributed by atoms with Crippen LogP contribution in [-0.2, 0) is 9.47 Å². The number of nitriles is 1. The quantitative estimate of drug-likeness (QED) is 0.362. The summed E-state index contributed by atoms with van der Waals surface area (Å²) in [5, 5.41) is 19.1. The SMILES string of the molecule is COC(=O)c1c(-c2c(C#N)c(C)nn2-c2ccccc2)nn(-c2ccc(Br)cc2)c1C(=O)OC. The summed E-state index contributed by atoms with van der Waals surface area (Å²) in [5.74, 6) is -1.59. The highest BCUT2D eigenvalue weighted by Crippen LogP contribution is 2.34. The third-order valence-corrected chi connectivity index (χ3v) is 5.65. The van der Waals surface area contributed by atoms with Gasteiger partial charge in [-0.05, 0) is 43.3 Å². The minimum atomic E-state index is -0.805. The first-order valence-corrected chi connectivity index (χ1v) is 10.8. The number of carbonyl (C=O) groups is 2. The molecule has 0 N–H and O–H groups in total. The van der Waals surface area contributed by atoms with Crippen molar-refractivity contribution < 1.29 is 19.1 Å². The molecule has 0 spiro atoms. The zero-order valence-corrected chi connectivity index (χ0v) is 20.0. The van der Waals surface area contributed by atoms with Crippen LogP contribution in [0, 0.1) is 18.3 Å². The Bertz CT molecular complexity index is 1430. The van der Waals surface area contributed by atoms with Crippen molar-refractivity contribution in [2.75, 3.05) is 14.2 Å². The van der Waals surface area contributed by atoms with Gasteiger partial charge in [0.1, 0.15) is 28.6 Å². The maximum Gasteiger partial charge on any atom is 0.357 e. The van der Waals surface area contributed by atoms with Crippen LogP contribution in [0.15, 0.2) is 59.1 Å². The predicted octanol–water partition coefficient (Wildman–Crippen LogP) is 4.24. The van der Waals surface area contributed by atoms with Crippen LogP contribution in [-0.4, -0.2) is 45.7 Å². The number of hydrogen-bond donors (Lipinski definition) is 0. The molecule has 0 atom stereocenters. The number of hydrogen-bond acceptors (Lipinski definition) is 7. The average molecular weight is 520 g/mol. The van der Waals surface area contributed by atoms with E-state index in [0.717, 1.165) is 4.47 Å². The molecule has 0 bridgehead atoms. The molecule has 0 saturated carbocycles. The Balaban J connectivity index is 2.13. The third-order valence-electron chi connectivity index (χ3n) is 5.12. The molecule has 34 heavy (non-hydrogen) atoms. The fourth-order valence-corrected chi connectivity index (χ4v) is 3.83. The maximum absolute atomic E-state index is 13.0. The summed E-state index contributed by atoms with van der Waals surface area (Å²) in [5.41, 5.74) is 1.86. The molecule has 0 aliphatic rings. The molecule has 4 aromatic rings. The van der Waals surface area contributed by atoms with E-state index in [-0.39, 0.29) is 28.2 Å². The molecule has 4 rings (SSSR count). The summed E-state index contributed by atoms with van der Waals surface area (Å²) in [6.07, 6.45) is 0. The first-order chi connectivity index (χ1) is 16.4. The van der Waals surface area contributed by atoms with Gasteiger partial charge in [0.15, 0.2) is 5.69 Å². The second kappa shape index (κ2) is 9.33. The molecule has 170 valence electrons. The molecule has 0 radical (unpaired) electrons. The fraction of sp³-hybridized carbons (Fsp3) is 0.125. The van der Waals surface area contributed by atoms with Crippen molar-refractivity contribution in [2.24, 2.45) is 0 Å². The second-order valence-electron chi connectivity index (χ2n) is 7.11. The van der Waals surface area contributed by atoms with E-state index in [1.807, 2.05) is 30.3 Å². The van der Waals surface area contributed by atoms with E-state index in [4.69, 9.17) is 9.47 Å². The molecule has 2 aromatic carbocycles. The Morgan fingerprint density at radius 2 is 1.53 bits per heavy atom. The van der Waals surface area contributed by atoms with Crippen molar-refractivity contribution in [2.45, 2.75) is 6.92 Å². The number of para-hydroxylation sites is 1. The van der Waals surface area contributed by atoms with Crippen LogP contribution in [0.4, 0.5) is 0 Å². The van der Waals surface area contributed by atoms with Gasteiger partial charge in [-0.3, -0.25) is 0 Å². The largest absolute Gasteiger partial charge is 0.465 e. The molecule has 0 saturated heterocycles. The number of aryl methyl sites for hydroxylation is 1. The highest BCUT2D eigenvalue weighted by Gasteiger charge is 2.34. The number of nitrogens with zero attached hydrogens (tertiary/aromatic N) is 5. The molecule has 0 aliphatic carbocycles. The zero-order valence-electron chi connectivity index (χ0n) is 18.4. The molecule has 0 aliphatic heterocycles. The predicted molar refractivity (Wildman–Crippen MR) is 126 cm³/mol. The lowest BCUT2D eigenvalue weighted by molar-refractivity contribution is 0.0549. The monoisotopic (exact) mass is 519 g/mol. The highest BCUT2D eigenvalue weighted by molar-refractivity contribution is 9.10. The molecular weight excluding hydrogens is 502 g/mol. The normalized spacial score (nSPS) is 10.6. The van der Waals surface area contributed by atoms with Crippen LogP contribution in [0.2, 0.25) is 0 Å². The van der Waals surface area contributed by atoms with Gasteiger partial charge in [-0.25, -0.2) is 19.0 Å². The molecule has 0 amide bonds. The van der Waals surface area contributed by atoms with Gasteiger partial charge < -0.3 is 9.47 Å². The first-order valence-electron chi connectivity index (χ1n) is 10.0. The minimum Gasteiger partial charge on any atom is -0.465 e. The van der Waals surface area contributed by atoms with Crippen LogP contribution >= 0.6 is 15.9 Å². The summed E-state index contributed by atoms with van der Waals surface area (Å²) >= 11 is 3.38. The Morgan fingerprint density at radius 3 is 2.12 bits per heavy atom. The molecule has 0 fully saturated rings. The minimum absolute atomic E-state index is 0.0659. The lowest BCUT2D eigenvalue weighted by atomic mass is 10.1. The summed E-state index contributed by atoms with van der Waals surface area (Å²) < 4.78 is 13.6. The molecular formula is C24H18BrN5O4. The van der Waals surface area contributed by atoms with Crippen LogP contribution < -0.4 is 0 Å². The number of carbonyl (C=O) groups excluding carboxylic acids is 2. The van der Waals surface area contributed by atoms with Gasteiger partial charge in [-0.2, -0.15) is 15.5 Å². The van der Waals surface area contributed by atoms with Gasteiger partial charge in [0, 0.05) is 4.47 Å². The molecule has 10 heteroatoms. The van der Waals surface area contributed by atoms with Gasteiger partial charge >= 0.3 is 11.9 Å². The maximum atomic E-state index is 13.0. The smallest absolute Gasteiger partial charge is 0.357 e. The number of rotatable bonds is 5. The standard InChI is InChI=1S/C24H18BrN5O4/c1-14-18(13-26)21(29(27-14)16-7-5-4-6-8-16)20-19(23(31)33-2)22(24(32)34-3)30(28-20)17-11-9-15(25)10-12-17/h4-12H,1-3H3. The zero-order chi connectivity index (χ0) is 24.4. The van der Waals surface area contributed by atoms with Crippen LogP contribution in [0.25, 0.3) is 22.8 Å². The Morgan fingerprint density at radius 1 is 0.912 bits per heavy atom. The van der Waals surface area contributed by atoms with Gasteiger partial charge in [-0.1, -0.05) is 34.1 Å². The molecule has 0 unspecified atom stereocenters. The van der Waals surface area contributed by atoms with E-state index in [0.29, 0.717) is 17.1 Å². The average Bonchev–Trinajstić information content (AvgIpc) is 3.41. The van der Waals surface area contributed by atoms with Crippen LogP contribution in [0.5, 0.6) is 0 Å². The number of methoxy groups -OCH3 is 2. The van der Waals surface area contributed by atoms with E-state index in [2.05, 4.69) is 32.2 Å². The van der Waals surface area contributed by atoms with Crippen molar-refractivity contribution in [1.29, 1.82) is 5.26 Å². The third kappa shape index (κ3) is 3.86. The van der Waals surface area contributed by atoms with E-state index in [9.17, 15) is 14.9 Å². The Labute approximate surface area is 203 Å². The summed E-state index contributed by atoms with van der Waals surface area (Å²) in [6.45, 7) is 1.69. The summed E-state index contributed by atoms with van der Waals surface area (Å²) in [7, 11) is 2.41. The van der Waals surface area contributed by atoms with Crippen molar-refractivity contribution in [3.63, 3.8) is 0 Å². The summed E-state index contributed by atoms with van der Waals surface area (Å²) in [6, 6.07) is 18.2. The lowest BCUT2D eigenvalue weighted by Gasteiger charge is -2.08. The van der Waals surface area contributed by atoms with Gasteiger partial charge in [-0.15, -0.1) is 0 Å². The van der Waals surface area contributed by atoms with E-state index in [1.165, 1.54) is 23.6 Å². The Kier molecular flexibility index (Phi) is 6.30. The number of benzene rings is 2. The molecule has 2 heterocycles. The number of esters is 2. The fourth-order valence-electron chi connectivity index (χ4n) is 3.57. The van der Waals surface area contributed by atoms with Crippen molar-refractivity contribution >= 4 is 27.9 Å². The van der Waals surface area contributed by atoms with E-state index < -0.39 is 11.9 Å². The number of ether oxygens (including phenoxy) is 2. The highest BCUT2D eigenvalue weighted by atomic mass is 79.9. The van der Waals surface area contributed by atoms with E-state index >= 15 is 0 Å². The number of aromatic nitrogens is 4. The topological polar surface area (TPSA) is 112 Å². The molecule has 2 aromatic heterocycles. The van der Waals surface area contributed by atoms with Crippen molar-refractivity contribution in [3.05, 3.63) is 81.6 Å². The van der Waals surface area contributed by atoms with Crippen molar-refractivity contribution in [1.82, 2.24) is 19.6 Å². The van der Waals surface area contributed by atoms with Crippen LogP contribution in [0.1, 0.15) is 32.1 Å². The van der Waals surface area contributed by atoms with Crippen molar-refractivity contribution in [3.8, 4) is 28.8 Å². The van der Waals surface area contributed by atoms with E-state index in [1.54, 1.807) is 31.2 Å². The number of halogens is 1. The van der Waals surface area contributed by atoms with Gasteiger partial charge in [0.05, 0.1) is 31.3 Å². The second-order valence-corrected chi connectivity index (χ2v) is 8.03. The van der Waals surface area contributed by atoms with Crippen LogP contribution in [0.3, 0.4) is 0 Å². The molecule has 9 nitrogen and oxygen atoms in total. The lowest BCUT2D eigenvalue weighted by Crippen LogP contribution is -2.15. The van der Waals surface area contributed by atoms with Gasteiger partial charge in [0.2, 0.25) is 0 Å². The Hall–Kier alpha value is -4.23. The summed E-state index contributed by atoms with van der Waals surface area (Å²) in [4.78, 5) is 25.9. The first kappa shape index (κ1) is 22.9. The van der Waals surface area contributed by atoms with Gasteiger partial charge in [0.25, 0.3) is 0 Å².